The van der Waals surface area contributed by atoms with E-state index >= 15 is 0 Å². The first kappa shape index (κ1) is 16.0. The molecular formula is C20H25NO2. The highest BCUT2D eigenvalue weighted by molar-refractivity contribution is 5.89. The van der Waals surface area contributed by atoms with Gasteiger partial charge in [-0.1, -0.05) is 42.5 Å². The van der Waals surface area contributed by atoms with Crippen LogP contribution in [0, 0.1) is 5.92 Å². The zero-order valence-electron chi connectivity index (χ0n) is 14.1. The molecule has 0 spiro atoms. The van der Waals surface area contributed by atoms with Crippen molar-refractivity contribution in [1.29, 1.82) is 0 Å². The Bertz CT molecular complexity index is 712. The molecule has 1 amide bonds. The van der Waals surface area contributed by atoms with Crippen molar-refractivity contribution in [2.45, 2.75) is 38.7 Å². The predicted molar refractivity (Wildman–Crippen MR) is 93.3 cm³/mol. The van der Waals surface area contributed by atoms with Gasteiger partial charge >= 0.3 is 0 Å². The average Bonchev–Trinajstić information content (AvgIpc) is 3.31. The second-order valence-electron chi connectivity index (χ2n) is 7.18. The minimum absolute atomic E-state index is 0.0584. The van der Waals surface area contributed by atoms with E-state index in [4.69, 9.17) is 0 Å². The Morgan fingerprint density at radius 2 is 1.91 bits per heavy atom. The van der Waals surface area contributed by atoms with Gasteiger partial charge in [-0.3, -0.25) is 4.79 Å². The van der Waals surface area contributed by atoms with Gasteiger partial charge in [0, 0.05) is 19.0 Å². The maximum absolute atomic E-state index is 12.7. The first-order valence-corrected chi connectivity index (χ1v) is 8.39. The summed E-state index contributed by atoms with van der Waals surface area (Å²) in [5.41, 5.74) is 0.427. The first-order chi connectivity index (χ1) is 10.9. The van der Waals surface area contributed by atoms with Gasteiger partial charge in [0.15, 0.2) is 0 Å². The summed E-state index contributed by atoms with van der Waals surface area (Å²) in [6.07, 6.45) is 0.912. The number of rotatable bonds is 5. The molecule has 0 aromatic heterocycles. The lowest BCUT2D eigenvalue weighted by Gasteiger charge is -2.28. The van der Waals surface area contributed by atoms with Gasteiger partial charge in [0.05, 0.1) is 5.60 Å². The summed E-state index contributed by atoms with van der Waals surface area (Å²) < 4.78 is 0. The number of fused-ring (bicyclic) bond motifs is 1. The predicted octanol–water partition coefficient (Wildman–Crippen LogP) is 3.56. The molecule has 1 aliphatic rings. The standard InChI is InChI=1S/C20H25NO2/c1-4-21(13-20(2,3)23)19(22)18-12-17(18)16-11-7-9-14-8-5-6-10-15(14)16/h5-11,17-18,23H,4,12-13H2,1-3H3/t17-,18+/m1/s1. The Morgan fingerprint density at radius 3 is 2.61 bits per heavy atom. The minimum atomic E-state index is -0.852. The lowest BCUT2D eigenvalue weighted by Crippen LogP contribution is -2.42. The smallest absolute Gasteiger partial charge is 0.226 e. The summed E-state index contributed by atoms with van der Waals surface area (Å²) in [7, 11) is 0. The molecule has 2 aromatic rings. The molecule has 0 aliphatic heterocycles. The lowest BCUT2D eigenvalue weighted by molar-refractivity contribution is -0.135. The highest BCUT2D eigenvalue weighted by Crippen LogP contribution is 2.50. The highest BCUT2D eigenvalue weighted by Gasteiger charge is 2.46. The molecule has 23 heavy (non-hydrogen) atoms. The summed E-state index contributed by atoms with van der Waals surface area (Å²) in [5, 5.41) is 12.5. The van der Waals surface area contributed by atoms with E-state index in [1.807, 2.05) is 13.0 Å². The van der Waals surface area contributed by atoms with Crippen molar-refractivity contribution in [3.8, 4) is 0 Å². The van der Waals surface area contributed by atoms with Crippen LogP contribution in [-0.2, 0) is 4.79 Å². The van der Waals surface area contributed by atoms with E-state index in [9.17, 15) is 9.90 Å². The second-order valence-corrected chi connectivity index (χ2v) is 7.18. The zero-order valence-corrected chi connectivity index (χ0v) is 14.1. The molecule has 0 unspecified atom stereocenters. The summed E-state index contributed by atoms with van der Waals surface area (Å²) in [6, 6.07) is 14.7. The molecule has 0 saturated heterocycles. The largest absolute Gasteiger partial charge is 0.389 e. The van der Waals surface area contributed by atoms with Crippen molar-refractivity contribution in [3.63, 3.8) is 0 Å². The minimum Gasteiger partial charge on any atom is -0.389 e. The SMILES string of the molecule is CCN(CC(C)(C)O)C(=O)[C@H]1C[C@@H]1c1cccc2ccccc12. The Labute approximate surface area is 137 Å². The number of likely N-dealkylation sites (N-methyl/N-ethyl adjacent to an activating group) is 1. The maximum atomic E-state index is 12.7. The van der Waals surface area contributed by atoms with E-state index in [1.54, 1.807) is 18.7 Å². The average molecular weight is 311 g/mol. The van der Waals surface area contributed by atoms with Gasteiger partial charge in [-0.2, -0.15) is 0 Å². The fraction of sp³-hybridized carbons (Fsp3) is 0.450. The Morgan fingerprint density at radius 1 is 1.22 bits per heavy atom. The molecule has 3 heteroatoms. The van der Waals surface area contributed by atoms with Crippen molar-refractivity contribution >= 4 is 16.7 Å². The van der Waals surface area contributed by atoms with Gasteiger partial charge in [-0.15, -0.1) is 0 Å². The topological polar surface area (TPSA) is 40.5 Å². The molecule has 2 aromatic carbocycles. The van der Waals surface area contributed by atoms with Gasteiger partial charge in [-0.25, -0.2) is 0 Å². The quantitative estimate of drug-likeness (QED) is 0.917. The fourth-order valence-electron chi connectivity index (χ4n) is 3.43. The third kappa shape index (κ3) is 3.40. The van der Waals surface area contributed by atoms with E-state index in [2.05, 4.69) is 36.4 Å². The molecule has 3 nitrogen and oxygen atoms in total. The normalized spacial score (nSPS) is 20.5. The van der Waals surface area contributed by atoms with Gasteiger partial charge in [0.25, 0.3) is 0 Å². The van der Waals surface area contributed by atoms with E-state index in [0.717, 1.165) is 6.42 Å². The fourth-order valence-corrected chi connectivity index (χ4v) is 3.43. The number of hydrogen-bond donors (Lipinski definition) is 1. The lowest BCUT2D eigenvalue weighted by atomic mass is 10.00. The van der Waals surface area contributed by atoms with Crippen LogP contribution in [0.4, 0.5) is 0 Å². The molecule has 1 saturated carbocycles. The van der Waals surface area contributed by atoms with E-state index in [1.165, 1.54) is 16.3 Å². The van der Waals surface area contributed by atoms with Gasteiger partial charge in [-0.05, 0) is 49.4 Å². The third-order valence-corrected chi connectivity index (χ3v) is 4.60. The van der Waals surface area contributed by atoms with Gasteiger partial charge < -0.3 is 10.0 Å². The van der Waals surface area contributed by atoms with Gasteiger partial charge in [0.1, 0.15) is 0 Å². The third-order valence-electron chi connectivity index (χ3n) is 4.60. The summed E-state index contributed by atoms with van der Waals surface area (Å²) in [5.74, 6) is 0.542. The number of aliphatic hydroxyl groups is 1. The van der Waals surface area contributed by atoms with E-state index in [0.29, 0.717) is 19.0 Å². The Balaban J connectivity index is 1.79. The number of amides is 1. The Hall–Kier alpha value is -1.87. The molecule has 122 valence electrons. The first-order valence-electron chi connectivity index (χ1n) is 8.39. The van der Waals surface area contributed by atoms with Crippen LogP contribution in [0.2, 0.25) is 0 Å². The number of carbonyl (C=O) groups excluding carboxylic acids is 1. The highest BCUT2D eigenvalue weighted by atomic mass is 16.3. The monoisotopic (exact) mass is 311 g/mol. The molecule has 0 bridgehead atoms. The number of carbonyl (C=O) groups is 1. The number of nitrogens with zero attached hydrogens (tertiary/aromatic N) is 1. The molecule has 1 fully saturated rings. The molecule has 0 heterocycles. The van der Waals surface area contributed by atoms with Crippen LogP contribution in [-0.4, -0.2) is 34.6 Å². The summed E-state index contributed by atoms with van der Waals surface area (Å²) in [4.78, 5) is 14.5. The summed E-state index contributed by atoms with van der Waals surface area (Å²) in [6.45, 7) is 6.50. The van der Waals surface area contributed by atoms with Crippen molar-refractivity contribution in [1.82, 2.24) is 4.90 Å². The zero-order chi connectivity index (χ0) is 16.6. The van der Waals surface area contributed by atoms with Crippen LogP contribution in [0.25, 0.3) is 10.8 Å². The van der Waals surface area contributed by atoms with Gasteiger partial charge in [0.2, 0.25) is 5.91 Å². The van der Waals surface area contributed by atoms with Crippen LogP contribution in [0.5, 0.6) is 0 Å². The van der Waals surface area contributed by atoms with E-state index in [-0.39, 0.29) is 11.8 Å². The van der Waals surface area contributed by atoms with Crippen LogP contribution in [0.3, 0.4) is 0 Å². The number of benzene rings is 2. The van der Waals surface area contributed by atoms with Crippen molar-refractivity contribution in [3.05, 3.63) is 48.0 Å². The molecule has 1 N–H and O–H groups in total. The van der Waals surface area contributed by atoms with Crippen molar-refractivity contribution in [2.75, 3.05) is 13.1 Å². The van der Waals surface area contributed by atoms with Crippen LogP contribution in [0.1, 0.15) is 38.7 Å². The second kappa shape index (κ2) is 5.97. The summed E-state index contributed by atoms with van der Waals surface area (Å²) >= 11 is 0. The molecule has 3 rings (SSSR count). The van der Waals surface area contributed by atoms with Crippen LogP contribution < -0.4 is 0 Å². The van der Waals surface area contributed by atoms with Crippen molar-refractivity contribution < 1.29 is 9.90 Å². The van der Waals surface area contributed by atoms with Crippen LogP contribution in [0.15, 0.2) is 42.5 Å². The van der Waals surface area contributed by atoms with Crippen molar-refractivity contribution in [2.24, 2.45) is 5.92 Å². The van der Waals surface area contributed by atoms with E-state index < -0.39 is 5.60 Å². The molecule has 2 atom stereocenters. The van der Waals surface area contributed by atoms with Crippen LogP contribution >= 0.6 is 0 Å². The molecule has 0 radical (unpaired) electrons. The Kier molecular flexibility index (Phi) is 4.15. The number of hydrogen-bond acceptors (Lipinski definition) is 2. The molecule has 1 aliphatic carbocycles. The maximum Gasteiger partial charge on any atom is 0.226 e. The molecular weight excluding hydrogens is 286 g/mol.